The van der Waals surface area contributed by atoms with Crippen LogP contribution in [0.2, 0.25) is 0 Å². The topological polar surface area (TPSA) is 85.1 Å². The van der Waals surface area contributed by atoms with E-state index in [-0.39, 0.29) is 9.88 Å². The van der Waals surface area contributed by atoms with Gasteiger partial charge in [0.15, 0.2) is 5.13 Å². The first-order valence-electron chi connectivity index (χ1n) is 5.23. The van der Waals surface area contributed by atoms with E-state index in [1.807, 2.05) is 6.92 Å². The Labute approximate surface area is 120 Å². The number of thiazole rings is 1. The Morgan fingerprint density at radius 3 is 2.79 bits per heavy atom. The van der Waals surface area contributed by atoms with E-state index in [0.717, 1.165) is 4.88 Å². The molecular formula is C11H11N3O2S3. The fraction of sp³-hybridized carbons (Fsp3) is 0.0909. The van der Waals surface area contributed by atoms with Crippen LogP contribution in [0.4, 0.5) is 5.13 Å². The van der Waals surface area contributed by atoms with E-state index >= 15 is 0 Å². The Bertz CT molecular complexity index is 722. The summed E-state index contributed by atoms with van der Waals surface area (Å²) < 4.78 is 26.7. The van der Waals surface area contributed by atoms with Crippen molar-refractivity contribution >= 4 is 43.7 Å². The van der Waals surface area contributed by atoms with Crippen LogP contribution in [-0.4, -0.2) is 18.4 Å². The lowest BCUT2D eigenvalue weighted by Gasteiger charge is -2.06. The lowest BCUT2D eigenvalue weighted by atomic mass is 10.2. The molecule has 0 saturated carbocycles. The first-order valence-corrected chi connectivity index (χ1v) is 7.94. The summed E-state index contributed by atoms with van der Waals surface area (Å²) in [5.41, 5.74) is 6.00. The number of aryl methyl sites for hydroxylation is 1. The van der Waals surface area contributed by atoms with Crippen LogP contribution in [0.15, 0.2) is 35.4 Å². The number of sulfonamides is 1. The van der Waals surface area contributed by atoms with Crippen LogP contribution >= 0.6 is 23.6 Å². The number of nitrogens with one attached hydrogen (secondary N) is 1. The van der Waals surface area contributed by atoms with Crippen LogP contribution in [0.25, 0.3) is 0 Å². The van der Waals surface area contributed by atoms with Gasteiger partial charge in [-0.05, 0) is 19.1 Å². The summed E-state index contributed by atoms with van der Waals surface area (Å²) in [5, 5.41) is 0.332. The number of aromatic nitrogens is 1. The number of rotatable bonds is 4. The first-order chi connectivity index (χ1) is 8.88. The number of thiocarbonyl (C=S) groups is 1. The highest BCUT2D eigenvalue weighted by atomic mass is 32.2. The van der Waals surface area contributed by atoms with E-state index in [1.54, 1.807) is 18.3 Å². The van der Waals surface area contributed by atoms with E-state index < -0.39 is 10.0 Å². The zero-order chi connectivity index (χ0) is 14.0. The molecule has 19 heavy (non-hydrogen) atoms. The van der Waals surface area contributed by atoms with Crippen LogP contribution in [0.3, 0.4) is 0 Å². The molecular weight excluding hydrogens is 302 g/mol. The monoisotopic (exact) mass is 313 g/mol. The second-order valence-electron chi connectivity index (χ2n) is 3.77. The highest BCUT2D eigenvalue weighted by molar-refractivity contribution is 7.93. The maximum absolute atomic E-state index is 12.2. The Hall–Kier alpha value is -1.51. The van der Waals surface area contributed by atoms with Gasteiger partial charge in [0.05, 0.1) is 4.90 Å². The van der Waals surface area contributed by atoms with Gasteiger partial charge in [0, 0.05) is 16.6 Å². The minimum atomic E-state index is -3.67. The largest absolute Gasteiger partial charge is 0.389 e. The number of benzene rings is 1. The summed E-state index contributed by atoms with van der Waals surface area (Å²) in [6.45, 7) is 1.85. The maximum Gasteiger partial charge on any atom is 0.263 e. The molecule has 0 amide bonds. The summed E-state index contributed by atoms with van der Waals surface area (Å²) in [5.74, 6) is 0. The molecule has 1 aromatic carbocycles. The minimum absolute atomic E-state index is 0.102. The predicted molar refractivity (Wildman–Crippen MR) is 80.0 cm³/mol. The van der Waals surface area contributed by atoms with Crippen molar-refractivity contribution in [2.45, 2.75) is 11.8 Å². The molecule has 100 valence electrons. The zero-order valence-corrected chi connectivity index (χ0v) is 12.4. The van der Waals surface area contributed by atoms with Crippen molar-refractivity contribution in [2.75, 3.05) is 4.72 Å². The highest BCUT2D eigenvalue weighted by Crippen LogP contribution is 2.21. The van der Waals surface area contributed by atoms with E-state index in [4.69, 9.17) is 18.0 Å². The van der Waals surface area contributed by atoms with Gasteiger partial charge >= 0.3 is 0 Å². The van der Waals surface area contributed by atoms with E-state index in [1.165, 1.54) is 23.5 Å². The first kappa shape index (κ1) is 13.9. The molecule has 0 saturated heterocycles. The van der Waals surface area contributed by atoms with Crippen LogP contribution in [-0.2, 0) is 10.0 Å². The van der Waals surface area contributed by atoms with Gasteiger partial charge in [-0.25, -0.2) is 13.4 Å². The number of nitrogens with zero attached hydrogens (tertiary/aromatic N) is 1. The number of nitrogens with two attached hydrogens (primary N) is 1. The molecule has 8 heteroatoms. The fourth-order valence-electron chi connectivity index (χ4n) is 1.39. The van der Waals surface area contributed by atoms with Crippen LogP contribution in [0.1, 0.15) is 10.4 Å². The number of hydrogen-bond donors (Lipinski definition) is 2. The van der Waals surface area contributed by atoms with Gasteiger partial charge in [0.2, 0.25) is 0 Å². The summed E-state index contributed by atoms with van der Waals surface area (Å²) in [4.78, 5) is 5.14. The molecule has 0 aliphatic heterocycles. The Morgan fingerprint density at radius 1 is 1.47 bits per heavy atom. The lowest BCUT2D eigenvalue weighted by molar-refractivity contribution is 0.601. The quantitative estimate of drug-likeness (QED) is 0.842. The molecule has 1 heterocycles. The summed E-state index contributed by atoms with van der Waals surface area (Å²) in [7, 11) is -3.67. The minimum Gasteiger partial charge on any atom is -0.389 e. The van der Waals surface area contributed by atoms with Crippen molar-refractivity contribution in [2.24, 2.45) is 5.73 Å². The molecule has 3 N–H and O–H groups in total. The van der Waals surface area contributed by atoms with Crippen molar-refractivity contribution in [3.63, 3.8) is 0 Å². The summed E-state index contributed by atoms with van der Waals surface area (Å²) in [6.07, 6.45) is 1.61. The molecule has 1 aromatic heterocycles. The normalized spacial score (nSPS) is 11.2. The summed E-state index contributed by atoms with van der Waals surface area (Å²) >= 11 is 6.10. The number of anilines is 1. The molecule has 0 spiro atoms. The molecule has 0 aliphatic rings. The Balaban J connectivity index is 2.34. The average molecular weight is 313 g/mol. The third kappa shape index (κ3) is 3.28. The van der Waals surface area contributed by atoms with Crippen molar-refractivity contribution in [1.82, 2.24) is 4.98 Å². The highest BCUT2D eigenvalue weighted by Gasteiger charge is 2.16. The Morgan fingerprint density at radius 2 is 2.21 bits per heavy atom. The molecule has 0 aliphatic carbocycles. The predicted octanol–water partition coefficient (Wildman–Crippen LogP) is 1.89. The average Bonchev–Trinajstić information content (AvgIpc) is 2.74. The van der Waals surface area contributed by atoms with Crippen molar-refractivity contribution in [3.05, 3.63) is 40.9 Å². The van der Waals surface area contributed by atoms with Crippen LogP contribution in [0.5, 0.6) is 0 Å². The van der Waals surface area contributed by atoms with E-state index in [0.29, 0.717) is 10.7 Å². The summed E-state index contributed by atoms with van der Waals surface area (Å²) in [6, 6.07) is 6.17. The standard InChI is InChI=1S/C11H11N3O2S3/c1-7-6-13-11(18-7)14-19(15,16)9-4-2-3-8(5-9)10(12)17/h2-6H,1H3,(H2,12,17)(H,13,14). The third-order valence-corrected chi connectivity index (χ3v) is 4.80. The molecule has 0 atom stereocenters. The van der Waals surface area contributed by atoms with E-state index in [9.17, 15) is 8.42 Å². The second-order valence-corrected chi connectivity index (χ2v) is 7.13. The molecule has 2 aromatic rings. The van der Waals surface area contributed by atoms with Gasteiger partial charge in [-0.1, -0.05) is 24.4 Å². The molecule has 0 fully saturated rings. The van der Waals surface area contributed by atoms with Gasteiger partial charge in [-0.3, -0.25) is 4.72 Å². The second kappa shape index (κ2) is 5.24. The molecule has 0 radical (unpaired) electrons. The van der Waals surface area contributed by atoms with Crippen molar-refractivity contribution in [1.29, 1.82) is 0 Å². The SMILES string of the molecule is Cc1cnc(NS(=O)(=O)c2cccc(C(N)=S)c2)s1. The van der Waals surface area contributed by atoms with Crippen LogP contribution < -0.4 is 10.5 Å². The molecule has 0 unspecified atom stereocenters. The van der Waals surface area contributed by atoms with Crippen LogP contribution in [0, 0.1) is 6.92 Å². The molecule has 5 nitrogen and oxygen atoms in total. The maximum atomic E-state index is 12.2. The fourth-order valence-corrected chi connectivity index (χ4v) is 3.47. The third-order valence-electron chi connectivity index (χ3n) is 2.27. The van der Waals surface area contributed by atoms with Gasteiger partial charge in [0.1, 0.15) is 4.99 Å². The van der Waals surface area contributed by atoms with Gasteiger partial charge in [0.25, 0.3) is 10.0 Å². The molecule has 2 rings (SSSR count). The van der Waals surface area contributed by atoms with Gasteiger partial charge in [-0.2, -0.15) is 0 Å². The van der Waals surface area contributed by atoms with Gasteiger partial charge < -0.3 is 5.73 Å². The number of hydrogen-bond acceptors (Lipinski definition) is 5. The Kier molecular flexibility index (Phi) is 3.83. The van der Waals surface area contributed by atoms with E-state index in [2.05, 4.69) is 9.71 Å². The van der Waals surface area contributed by atoms with Crippen molar-refractivity contribution in [3.8, 4) is 0 Å². The smallest absolute Gasteiger partial charge is 0.263 e. The molecule has 0 bridgehead atoms. The van der Waals surface area contributed by atoms with Gasteiger partial charge in [-0.15, -0.1) is 11.3 Å². The van der Waals surface area contributed by atoms with Crippen molar-refractivity contribution < 1.29 is 8.42 Å². The zero-order valence-electron chi connectivity index (χ0n) is 9.95. The lowest BCUT2D eigenvalue weighted by Crippen LogP contribution is -2.15.